The zero-order chi connectivity index (χ0) is 15.5. The number of rotatable bonds is 3. The van der Waals surface area contributed by atoms with Crippen LogP contribution in [0.5, 0.6) is 0 Å². The lowest BCUT2D eigenvalue weighted by Gasteiger charge is -2.29. The van der Waals surface area contributed by atoms with E-state index in [0.717, 1.165) is 12.0 Å². The maximum Gasteiger partial charge on any atom is 0.257 e. The highest BCUT2D eigenvalue weighted by molar-refractivity contribution is 6.00. The van der Waals surface area contributed by atoms with E-state index in [-0.39, 0.29) is 11.9 Å². The summed E-state index contributed by atoms with van der Waals surface area (Å²) in [6.45, 7) is 4.00. The van der Waals surface area contributed by atoms with Gasteiger partial charge in [-0.25, -0.2) is 0 Å². The normalized spacial score (nSPS) is 21.5. The molecule has 1 aromatic heterocycles. The lowest BCUT2D eigenvalue weighted by atomic mass is 9.86. The molecule has 1 heterocycles. The van der Waals surface area contributed by atoms with Crippen LogP contribution in [-0.2, 0) is 0 Å². The highest BCUT2D eigenvalue weighted by atomic mass is 16.5. The van der Waals surface area contributed by atoms with Crippen LogP contribution in [0.25, 0.3) is 11.3 Å². The van der Waals surface area contributed by atoms with Gasteiger partial charge in [0, 0.05) is 11.6 Å². The van der Waals surface area contributed by atoms with Crippen molar-refractivity contribution in [3.63, 3.8) is 0 Å². The molecular formula is C18H22N2O2. The van der Waals surface area contributed by atoms with Crippen molar-refractivity contribution in [3.05, 3.63) is 41.7 Å². The smallest absolute Gasteiger partial charge is 0.257 e. The summed E-state index contributed by atoms with van der Waals surface area (Å²) in [6.07, 6.45) is 4.68. The van der Waals surface area contributed by atoms with E-state index in [1.807, 2.05) is 30.3 Å². The second kappa shape index (κ2) is 6.34. The second-order valence-electron chi connectivity index (χ2n) is 6.17. The first kappa shape index (κ1) is 14.8. The molecule has 1 amide bonds. The van der Waals surface area contributed by atoms with Gasteiger partial charge < -0.3 is 9.84 Å². The summed E-state index contributed by atoms with van der Waals surface area (Å²) in [7, 11) is 0. The maximum atomic E-state index is 12.7. The number of carbonyl (C=O) groups excluding carboxylic acids is 1. The minimum Gasteiger partial charge on any atom is -0.360 e. The topological polar surface area (TPSA) is 55.1 Å². The Hall–Kier alpha value is -2.10. The fourth-order valence-corrected chi connectivity index (χ4v) is 3.20. The molecule has 0 aliphatic heterocycles. The van der Waals surface area contributed by atoms with Crippen molar-refractivity contribution < 1.29 is 9.32 Å². The van der Waals surface area contributed by atoms with Crippen LogP contribution in [0.2, 0.25) is 0 Å². The molecule has 0 unspecified atom stereocenters. The van der Waals surface area contributed by atoms with Crippen LogP contribution >= 0.6 is 0 Å². The summed E-state index contributed by atoms with van der Waals surface area (Å²) < 4.78 is 5.28. The van der Waals surface area contributed by atoms with Gasteiger partial charge in [0.05, 0.1) is 0 Å². The number of benzene rings is 1. The average molecular weight is 298 g/mol. The van der Waals surface area contributed by atoms with Crippen LogP contribution in [0.3, 0.4) is 0 Å². The number of nitrogens with one attached hydrogen (secondary N) is 1. The molecule has 0 spiro atoms. The monoisotopic (exact) mass is 298 g/mol. The standard InChI is InChI=1S/C18H22N2O2/c1-12-8-6-7-11-15(12)19-18(21)16-13(2)22-20-17(16)14-9-4-3-5-10-14/h3-5,9-10,12,15H,6-8,11H2,1-2H3,(H,19,21)/t12-,15-/m0/s1. The van der Waals surface area contributed by atoms with Crippen LogP contribution in [-0.4, -0.2) is 17.1 Å². The van der Waals surface area contributed by atoms with Crippen LogP contribution < -0.4 is 5.32 Å². The zero-order valence-corrected chi connectivity index (χ0v) is 13.1. The minimum absolute atomic E-state index is 0.0728. The lowest BCUT2D eigenvalue weighted by molar-refractivity contribution is 0.0909. The number of carbonyl (C=O) groups is 1. The molecule has 116 valence electrons. The quantitative estimate of drug-likeness (QED) is 0.933. The second-order valence-corrected chi connectivity index (χ2v) is 6.17. The first-order valence-corrected chi connectivity index (χ1v) is 7.99. The Morgan fingerprint density at radius 2 is 1.95 bits per heavy atom. The van der Waals surface area contributed by atoms with Crippen LogP contribution in [0, 0.1) is 12.8 Å². The van der Waals surface area contributed by atoms with E-state index in [1.54, 1.807) is 6.92 Å². The fourth-order valence-electron chi connectivity index (χ4n) is 3.20. The Balaban J connectivity index is 1.85. The minimum atomic E-state index is -0.0728. The van der Waals surface area contributed by atoms with Crippen molar-refractivity contribution in [2.24, 2.45) is 5.92 Å². The summed E-state index contributed by atoms with van der Waals surface area (Å²) in [5.41, 5.74) is 2.09. The fraction of sp³-hybridized carbons (Fsp3) is 0.444. The summed E-state index contributed by atoms with van der Waals surface area (Å²) >= 11 is 0. The molecule has 0 saturated heterocycles. The van der Waals surface area contributed by atoms with E-state index in [9.17, 15) is 4.79 Å². The van der Waals surface area contributed by atoms with Crippen molar-refractivity contribution in [1.29, 1.82) is 0 Å². The molecule has 1 aliphatic rings. The highest BCUT2D eigenvalue weighted by Crippen LogP contribution is 2.27. The van der Waals surface area contributed by atoms with Crippen LogP contribution in [0.4, 0.5) is 0 Å². The van der Waals surface area contributed by atoms with E-state index < -0.39 is 0 Å². The number of hydrogen-bond donors (Lipinski definition) is 1. The number of aryl methyl sites for hydroxylation is 1. The Morgan fingerprint density at radius 3 is 2.68 bits per heavy atom. The van der Waals surface area contributed by atoms with Gasteiger partial charge in [0.2, 0.25) is 0 Å². The van der Waals surface area contributed by atoms with Gasteiger partial charge >= 0.3 is 0 Å². The molecule has 4 nitrogen and oxygen atoms in total. The highest BCUT2D eigenvalue weighted by Gasteiger charge is 2.27. The Labute approximate surface area is 130 Å². The summed E-state index contributed by atoms with van der Waals surface area (Å²) in [5.74, 6) is 1.02. The van der Waals surface area contributed by atoms with Crippen molar-refractivity contribution in [3.8, 4) is 11.3 Å². The largest absolute Gasteiger partial charge is 0.360 e. The van der Waals surface area contributed by atoms with Crippen molar-refractivity contribution in [2.75, 3.05) is 0 Å². The third kappa shape index (κ3) is 2.91. The Kier molecular flexibility index (Phi) is 4.27. The van der Waals surface area contributed by atoms with Crippen LogP contribution in [0.1, 0.15) is 48.7 Å². The molecule has 0 bridgehead atoms. The molecule has 1 aliphatic carbocycles. The molecule has 0 radical (unpaired) electrons. The summed E-state index contributed by atoms with van der Waals surface area (Å²) in [6, 6.07) is 9.95. The van der Waals surface area contributed by atoms with E-state index >= 15 is 0 Å². The van der Waals surface area contributed by atoms with E-state index in [1.165, 1.54) is 19.3 Å². The average Bonchev–Trinajstić information content (AvgIpc) is 2.92. The summed E-state index contributed by atoms with van der Waals surface area (Å²) in [4.78, 5) is 12.7. The van der Waals surface area contributed by atoms with Gasteiger partial charge in [0.15, 0.2) is 0 Å². The maximum absolute atomic E-state index is 12.7. The Bertz CT molecular complexity index is 648. The van der Waals surface area contributed by atoms with Gasteiger partial charge in [0.25, 0.3) is 5.91 Å². The van der Waals surface area contributed by atoms with Gasteiger partial charge in [-0.3, -0.25) is 4.79 Å². The zero-order valence-electron chi connectivity index (χ0n) is 13.1. The lowest BCUT2D eigenvalue weighted by Crippen LogP contribution is -2.41. The first-order chi connectivity index (χ1) is 10.7. The van der Waals surface area contributed by atoms with Crippen molar-refractivity contribution in [1.82, 2.24) is 10.5 Å². The number of nitrogens with zero attached hydrogens (tertiary/aromatic N) is 1. The molecule has 22 heavy (non-hydrogen) atoms. The third-order valence-electron chi connectivity index (χ3n) is 4.56. The molecule has 1 fully saturated rings. The molecule has 1 N–H and O–H groups in total. The molecule has 2 atom stereocenters. The van der Waals surface area contributed by atoms with E-state index in [2.05, 4.69) is 17.4 Å². The molecular weight excluding hydrogens is 276 g/mol. The van der Waals surface area contributed by atoms with E-state index in [4.69, 9.17) is 4.52 Å². The number of aromatic nitrogens is 1. The first-order valence-electron chi connectivity index (χ1n) is 7.99. The SMILES string of the molecule is Cc1onc(-c2ccccc2)c1C(=O)N[C@H]1CCCC[C@@H]1C. The van der Waals surface area contributed by atoms with Gasteiger partial charge in [-0.1, -0.05) is 55.3 Å². The molecule has 4 heteroatoms. The Morgan fingerprint density at radius 1 is 1.23 bits per heavy atom. The van der Waals surface area contributed by atoms with Crippen molar-refractivity contribution in [2.45, 2.75) is 45.6 Å². The predicted molar refractivity (Wildman–Crippen MR) is 85.6 cm³/mol. The summed E-state index contributed by atoms with van der Waals surface area (Å²) in [5, 5.41) is 7.27. The van der Waals surface area contributed by atoms with Crippen LogP contribution in [0.15, 0.2) is 34.9 Å². The molecule has 3 rings (SSSR count). The van der Waals surface area contributed by atoms with Gasteiger partial charge in [-0.05, 0) is 25.7 Å². The molecule has 2 aromatic rings. The van der Waals surface area contributed by atoms with Gasteiger partial charge in [0.1, 0.15) is 17.0 Å². The predicted octanol–water partition coefficient (Wildman–Crippen LogP) is 3.96. The van der Waals surface area contributed by atoms with Crippen molar-refractivity contribution >= 4 is 5.91 Å². The molecule has 1 saturated carbocycles. The molecule has 1 aromatic carbocycles. The van der Waals surface area contributed by atoms with E-state index in [0.29, 0.717) is 22.9 Å². The number of amides is 1. The van der Waals surface area contributed by atoms with Gasteiger partial charge in [-0.15, -0.1) is 0 Å². The van der Waals surface area contributed by atoms with Gasteiger partial charge in [-0.2, -0.15) is 0 Å². The number of hydrogen-bond acceptors (Lipinski definition) is 3. The third-order valence-corrected chi connectivity index (χ3v) is 4.56.